The number of aromatic nitrogens is 2. The number of hydrogen-bond acceptors (Lipinski definition) is 7. The van der Waals surface area contributed by atoms with Crippen molar-refractivity contribution in [3.8, 4) is 5.75 Å². The Morgan fingerprint density at radius 2 is 2.08 bits per heavy atom. The minimum absolute atomic E-state index is 0. The predicted octanol–water partition coefficient (Wildman–Crippen LogP) is 2.27. The van der Waals surface area contributed by atoms with Crippen LogP contribution in [0.25, 0.3) is 0 Å². The Labute approximate surface area is 162 Å². The summed E-state index contributed by atoms with van der Waals surface area (Å²) in [6.45, 7) is 1.52. The quantitative estimate of drug-likeness (QED) is 0.776. The van der Waals surface area contributed by atoms with E-state index in [0.717, 1.165) is 29.4 Å². The van der Waals surface area contributed by atoms with Crippen molar-refractivity contribution in [1.82, 2.24) is 15.5 Å². The third kappa shape index (κ3) is 4.70. The fraction of sp³-hybridized carbons (Fsp3) is 0.471. The first-order valence-corrected chi connectivity index (χ1v) is 8.99. The summed E-state index contributed by atoms with van der Waals surface area (Å²) in [6, 6.07) is 7.82. The van der Waals surface area contributed by atoms with E-state index in [1.807, 2.05) is 24.3 Å². The Morgan fingerprint density at radius 1 is 1.31 bits per heavy atom. The summed E-state index contributed by atoms with van der Waals surface area (Å²) in [5.74, 6) is 0.657. The van der Waals surface area contributed by atoms with E-state index in [1.165, 1.54) is 11.3 Å². The first-order chi connectivity index (χ1) is 12.1. The number of piperidine rings is 1. The van der Waals surface area contributed by atoms with Crippen molar-refractivity contribution < 1.29 is 14.3 Å². The van der Waals surface area contributed by atoms with Gasteiger partial charge in [-0.2, -0.15) is 0 Å². The number of rotatable bonds is 6. The SMILES string of the molecule is COc1cccc(Cc2nnc(NC(=O)C3(OC)CCNCC3)s2)c1.Cl. The molecule has 2 N–H and O–H groups in total. The number of anilines is 1. The molecule has 1 aliphatic heterocycles. The molecule has 1 aliphatic rings. The van der Waals surface area contributed by atoms with E-state index in [1.54, 1.807) is 14.2 Å². The van der Waals surface area contributed by atoms with E-state index in [2.05, 4.69) is 20.8 Å². The van der Waals surface area contributed by atoms with Gasteiger partial charge in [-0.25, -0.2) is 0 Å². The summed E-state index contributed by atoms with van der Waals surface area (Å²) in [4.78, 5) is 12.6. The normalized spacial score (nSPS) is 15.8. The van der Waals surface area contributed by atoms with Crippen LogP contribution in [-0.4, -0.2) is 49.0 Å². The molecule has 142 valence electrons. The summed E-state index contributed by atoms with van der Waals surface area (Å²) >= 11 is 1.38. The van der Waals surface area contributed by atoms with Gasteiger partial charge in [0.05, 0.1) is 7.11 Å². The standard InChI is InChI=1S/C17H22N4O3S.ClH/c1-23-13-5-3-4-12(10-13)11-14-20-21-16(25-14)19-15(22)17(24-2)6-8-18-9-7-17;/h3-5,10,18H,6-9,11H2,1-2H3,(H,19,21,22);1H. The molecule has 1 saturated heterocycles. The molecular weight excluding hydrogens is 376 g/mol. The van der Waals surface area contributed by atoms with Gasteiger partial charge in [0, 0.05) is 13.5 Å². The molecule has 0 radical (unpaired) electrons. The molecule has 0 unspecified atom stereocenters. The number of benzene rings is 1. The molecule has 1 fully saturated rings. The fourth-order valence-corrected chi connectivity index (χ4v) is 3.67. The second kappa shape index (κ2) is 9.27. The van der Waals surface area contributed by atoms with Crippen molar-refractivity contribution in [2.24, 2.45) is 0 Å². The highest BCUT2D eigenvalue weighted by molar-refractivity contribution is 7.15. The minimum atomic E-state index is -0.788. The van der Waals surface area contributed by atoms with E-state index in [9.17, 15) is 4.79 Å². The molecule has 1 aromatic carbocycles. The van der Waals surface area contributed by atoms with Crippen molar-refractivity contribution in [2.75, 3.05) is 32.6 Å². The second-order valence-corrected chi connectivity index (χ2v) is 6.99. The van der Waals surface area contributed by atoms with E-state index in [4.69, 9.17) is 9.47 Å². The molecule has 2 heterocycles. The fourth-order valence-electron chi connectivity index (χ4n) is 2.90. The van der Waals surface area contributed by atoms with Crippen molar-refractivity contribution in [3.05, 3.63) is 34.8 Å². The van der Waals surface area contributed by atoms with Crippen LogP contribution in [0.5, 0.6) is 5.75 Å². The van der Waals surface area contributed by atoms with Crippen molar-refractivity contribution in [2.45, 2.75) is 24.9 Å². The molecule has 0 bridgehead atoms. The number of nitrogens with one attached hydrogen (secondary N) is 2. The summed E-state index contributed by atoms with van der Waals surface area (Å²) < 4.78 is 10.8. The van der Waals surface area contributed by atoms with Crippen molar-refractivity contribution >= 4 is 34.8 Å². The van der Waals surface area contributed by atoms with Crippen LogP contribution in [0.15, 0.2) is 24.3 Å². The molecule has 7 nitrogen and oxygen atoms in total. The van der Waals surface area contributed by atoms with Gasteiger partial charge in [0.25, 0.3) is 5.91 Å². The zero-order valence-corrected chi connectivity index (χ0v) is 16.4. The molecular formula is C17H23ClN4O3S. The Bertz CT molecular complexity index is 734. The summed E-state index contributed by atoms with van der Waals surface area (Å²) in [7, 11) is 3.23. The Kier molecular flexibility index (Phi) is 7.33. The van der Waals surface area contributed by atoms with Crippen LogP contribution >= 0.6 is 23.7 Å². The van der Waals surface area contributed by atoms with Crippen LogP contribution in [0.2, 0.25) is 0 Å². The molecule has 3 rings (SSSR count). The highest BCUT2D eigenvalue weighted by Gasteiger charge is 2.40. The molecule has 2 aromatic rings. The number of carbonyl (C=O) groups is 1. The van der Waals surface area contributed by atoms with E-state index in [0.29, 0.717) is 24.4 Å². The maximum absolute atomic E-state index is 12.6. The largest absolute Gasteiger partial charge is 0.497 e. The Hall–Kier alpha value is -1.74. The van der Waals surface area contributed by atoms with Gasteiger partial charge in [0.2, 0.25) is 5.13 Å². The summed E-state index contributed by atoms with van der Waals surface area (Å²) in [5, 5.41) is 15.7. The van der Waals surface area contributed by atoms with Crippen LogP contribution in [0.4, 0.5) is 5.13 Å². The zero-order valence-electron chi connectivity index (χ0n) is 14.8. The Balaban J connectivity index is 0.00000243. The molecule has 9 heteroatoms. The first kappa shape index (κ1) is 20.6. The number of carbonyl (C=O) groups excluding carboxylic acids is 1. The number of ether oxygens (including phenoxy) is 2. The third-order valence-corrected chi connectivity index (χ3v) is 5.23. The lowest BCUT2D eigenvalue weighted by Crippen LogP contribution is -2.51. The van der Waals surface area contributed by atoms with Gasteiger partial charge < -0.3 is 14.8 Å². The highest BCUT2D eigenvalue weighted by Crippen LogP contribution is 2.26. The van der Waals surface area contributed by atoms with Gasteiger partial charge in [-0.3, -0.25) is 10.1 Å². The van der Waals surface area contributed by atoms with E-state index in [-0.39, 0.29) is 18.3 Å². The molecule has 0 spiro atoms. The van der Waals surface area contributed by atoms with Crippen LogP contribution in [0, 0.1) is 0 Å². The zero-order chi connectivity index (χ0) is 17.7. The second-order valence-electron chi connectivity index (χ2n) is 5.93. The van der Waals surface area contributed by atoms with Crippen LogP contribution in [0.3, 0.4) is 0 Å². The third-order valence-electron chi connectivity index (χ3n) is 4.39. The Morgan fingerprint density at radius 3 is 2.77 bits per heavy atom. The summed E-state index contributed by atoms with van der Waals surface area (Å²) in [5.41, 5.74) is 0.296. The molecule has 26 heavy (non-hydrogen) atoms. The van der Waals surface area contributed by atoms with Crippen molar-refractivity contribution in [3.63, 3.8) is 0 Å². The first-order valence-electron chi connectivity index (χ1n) is 8.18. The lowest BCUT2D eigenvalue weighted by Gasteiger charge is -2.34. The average Bonchev–Trinajstić information content (AvgIpc) is 3.09. The topological polar surface area (TPSA) is 85.4 Å². The van der Waals surface area contributed by atoms with E-state index < -0.39 is 5.60 Å². The lowest BCUT2D eigenvalue weighted by atomic mass is 9.91. The van der Waals surface area contributed by atoms with Gasteiger partial charge >= 0.3 is 0 Å². The summed E-state index contributed by atoms with van der Waals surface area (Å²) in [6.07, 6.45) is 1.93. The highest BCUT2D eigenvalue weighted by atomic mass is 35.5. The molecule has 0 aliphatic carbocycles. The number of methoxy groups -OCH3 is 2. The minimum Gasteiger partial charge on any atom is -0.497 e. The average molecular weight is 399 g/mol. The van der Waals surface area contributed by atoms with Crippen molar-refractivity contribution in [1.29, 1.82) is 0 Å². The molecule has 0 atom stereocenters. The maximum atomic E-state index is 12.6. The van der Waals surface area contributed by atoms with Gasteiger partial charge in [0.15, 0.2) is 0 Å². The van der Waals surface area contributed by atoms with Gasteiger partial charge in [-0.05, 0) is 43.6 Å². The number of amides is 1. The van der Waals surface area contributed by atoms with Gasteiger partial charge in [-0.1, -0.05) is 23.5 Å². The number of nitrogens with zero attached hydrogens (tertiary/aromatic N) is 2. The smallest absolute Gasteiger partial charge is 0.258 e. The molecule has 1 amide bonds. The number of hydrogen-bond donors (Lipinski definition) is 2. The molecule has 1 aromatic heterocycles. The predicted molar refractivity (Wildman–Crippen MR) is 103 cm³/mol. The van der Waals surface area contributed by atoms with Gasteiger partial charge in [0.1, 0.15) is 16.4 Å². The van der Waals surface area contributed by atoms with Crippen LogP contribution in [-0.2, 0) is 16.0 Å². The van der Waals surface area contributed by atoms with Gasteiger partial charge in [-0.15, -0.1) is 22.6 Å². The maximum Gasteiger partial charge on any atom is 0.258 e. The molecule has 0 saturated carbocycles. The van der Waals surface area contributed by atoms with E-state index >= 15 is 0 Å². The number of halogens is 1. The van der Waals surface area contributed by atoms with Crippen LogP contribution < -0.4 is 15.4 Å². The lowest BCUT2D eigenvalue weighted by molar-refractivity contribution is -0.140. The monoisotopic (exact) mass is 398 g/mol. The van der Waals surface area contributed by atoms with Crippen LogP contribution in [0.1, 0.15) is 23.4 Å².